The van der Waals surface area contributed by atoms with E-state index in [1.807, 2.05) is 66.7 Å². The second-order valence-electron chi connectivity index (χ2n) is 12.4. The van der Waals surface area contributed by atoms with Crippen LogP contribution in [0.1, 0.15) is 60.9 Å². The number of hydrogen-bond acceptors (Lipinski definition) is 4. The summed E-state index contributed by atoms with van der Waals surface area (Å²) < 4.78 is 23.5. The first-order valence-corrected chi connectivity index (χ1v) is 16.1. The molecule has 230 valence electrons. The fourth-order valence-corrected chi connectivity index (χ4v) is 8.95. The Balaban J connectivity index is 1.55. The Morgan fingerprint density at radius 3 is 2.29 bits per heavy atom. The predicted molar refractivity (Wildman–Crippen MR) is 174 cm³/mol. The summed E-state index contributed by atoms with van der Waals surface area (Å²) in [7, 11) is 0. The second-order valence-corrected chi connectivity index (χ2v) is 13.3. The lowest BCUT2D eigenvalue weighted by Crippen LogP contribution is -2.63. The van der Waals surface area contributed by atoms with Crippen LogP contribution in [0.3, 0.4) is 0 Å². The fourth-order valence-electron chi connectivity index (χ4n) is 8.70. The number of nitrogens with one attached hydrogen (secondary N) is 1. The van der Waals surface area contributed by atoms with E-state index in [1.165, 1.54) is 18.2 Å². The van der Waals surface area contributed by atoms with Gasteiger partial charge in [0.05, 0.1) is 12.0 Å². The van der Waals surface area contributed by atoms with Gasteiger partial charge in [0.25, 0.3) is 0 Å². The zero-order valence-corrected chi connectivity index (χ0v) is 26.1. The zero-order valence-electron chi connectivity index (χ0n) is 24.6. The van der Waals surface area contributed by atoms with Gasteiger partial charge in [-0.2, -0.15) is 0 Å². The summed E-state index contributed by atoms with van der Waals surface area (Å²) in [4.78, 5) is 31.5. The van der Waals surface area contributed by atoms with Crippen LogP contribution in [0.25, 0.3) is 0 Å². The molecule has 0 bridgehead atoms. The standard InChI is InChI=1S/C37H33Cl2FN2O3/c1-23(38)12-11-17-28(40)30-32-34(43)45-33(25-15-7-3-8-16-25)31(24-13-5-2-6-14-24)42(32)36(20-9-4-10-21-36)37(30)27-19-18-26(39)22-29(27)41-35(37)44/h2-3,5-8,11-19,22,30-33H,1,4,9-10,20-21H2,(H,41,44)/b12-11-,28-17-/t30-,31+,32+,33-,37-/m0/s1. The topological polar surface area (TPSA) is 58.6 Å². The third kappa shape index (κ3) is 4.52. The average Bonchev–Trinajstić information content (AvgIpc) is 3.47. The summed E-state index contributed by atoms with van der Waals surface area (Å²) in [6.45, 7) is 3.67. The van der Waals surface area contributed by atoms with Gasteiger partial charge in [-0.15, -0.1) is 0 Å². The molecule has 0 radical (unpaired) electrons. The molecule has 1 aliphatic carbocycles. The number of fused-ring (bicyclic) bond motifs is 5. The third-order valence-electron chi connectivity index (χ3n) is 10.2. The molecule has 1 N–H and O–H groups in total. The molecule has 3 aromatic carbocycles. The highest BCUT2D eigenvalue weighted by atomic mass is 35.5. The minimum absolute atomic E-state index is 0.232. The van der Waals surface area contributed by atoms with E-state index < -0.39 is 46.9 Å². The largest absolute Gasteiger partial charge is 0.454 e. The third-order valence-corrected chi connectivity index (χ3v) is 10.5. The number of anilines is 1. The number of benzene rings is 3. The highest BCUT2D eigenvalue weighted by Crippen LogP contribution is 2.68. The van der Waals surface area contributed by atoms with Crippen molar-refractivity contribution in [3.05, 3.63) is 136 Å². The quantitative estimate of drug-likeness (QED) is 0.223. The van der Waals surface area contributed by atoms with Crippen molar-refractivity contribution in [3.8, 4) is 0 Å². The van der Waals surface area contributed by atoms with Crippen molar-refractivity contribution in [2.24, 2.45) is 5.92 Å². The highest BCUT2D eigenvalue weighted by Gasteiger charge is 2.78. The summed E-state index contributed by atoms with van der Waals surface area (Å²) in [5.41, 5.74) is 0.614. The van der Waals surface area contributed by atoms with E-state index in [0.29, 0.717) is 29.1 Å². The van der Waals surface area contributed by atoms with E-state index in [2.05, 4.69) is 16.8 Å². The van der Waals surface area contributed by atoms with E-state index in [1.54, 1.807) is 12.1 Å². The van der Waals surface area contributed by atoms with E-state index in [9.17, 15) is 9.59 Å². The summed E-state index contributed by atoms with van der Waals surface area (Å²) in [6.07, 6.45) is 7.44. The van der Waals surface area contributed by atoms with E-state index in [4.69, 9.17) is 27.9 Å². The minimum Gasteiger partial charge on any atom is -0.454 e. The van der Waals surface area contributed by atoms with Gasteiger partial charge in [0.2, 0.25) is 5.91 Å². The smallest absolute Gasteiger partial charge is 0.324 e. The molecule has 2 spiro atoms. The molecule has 0 aromatic heterocycles. The summed E-state index contributed by atoms with van der Waals surface area (Å²) in [5, 5.41) is 3.77. The number of morpholine rings is 1. The Morgan fingerprint density at radius 1 is 0.956 bits per heavy atom. The molecule has 5 nitrogen and oxygen atoms in total. The number of rotatable bonds is 5. The first-order chi connectivity index (χ1) is 21.8. The van der Waals surface area contributed by atoms with Gasteiger partial charge in [-0.05, 0) is 53.8 Å². The Kier molecular flexibility index (Phi) is 7.71. The fraction of sp³-hybridized carbons (Fsp3) is 0.297. The van der Waals surface area contributed by atoms with Gasteiger partial charge >= 0.3 is 5.97 Å². The van der Waals surface area contributed by atoms with Gasteiger partial charge in [-0.25, -0.2) is 4.39 Å². The number of cyclic esters (lactones) is 1. The summed E-state index contributed by atoms with van der Waals surface area (Å²) in [6, 6.07) is 23.3. The average molecular weight is 644 g/mol. The first-order valence-electron chi connectivity index (χ1n) is 15.4. The molecule has 3 aliphatic heterocycles. The number of carbonyl (C=O) groups excluding carboxylic acids is 2. The molecule has 1 saturated carbocycles. The molecule has 3 fully saturated rings. The Bertz CT molecular complexity index is 1720. The number of ether oxygens (including phenoxy) is 1. The van der Waals surface area contributed by atoms with Crippen molar-refractivity contribution in [3.63, 3.8) is 0 Å². The van der Waals surface area contributed by atoms with Crippen LogP contribution >= 0.6 is 23.2 Å². The number of esters is 1. The monoisotopic (exact) mass is 642 g/mol. The normalized spacial score (nSPS) is 29.1. The molecule has 5 atom stereocenters. The van der Waals surface area contributed by atoms with E-state index >= 15 is 4.39 Å². The number of hydrogen-bond donors (Lipinski definition) is 1. The van der Waals surface area contributed by atoms with Gasteiger partial charge in [0.1, 0.15) is 23.4 Å². The van der Waals surface area contributed by atoms with Crippen LogP contribution in [-0.4, -0.2) is 28.4 Å². The van der Waals surface area contributed by atoms with Crippen LogP contribution in [0.5, 0.6) is 0 Å². The van der Waals surface area contributed by atoms with Crippen LogP contribution in [0, 0.1) is 5.92 Å². The van der Waals surface area contributed by atoms with Crippen molar-refractivity contribution >= 4 is 40.8 Å². The van der Waals surface area contributed by atoms with Crippen LogP contribution in [0.2, 0.25) is 5.02 Å². The molecule has 2 saturated heterocycles. The number of carbonyl (C=O) groups is 2. The maximum Gasteiger partial charge on any atom is 0.324 e. The van der Waals surface area contributed by atoms with Gasteiger partial charge in [0, 0.05) is 21.3 Å². The number of amides is 1. The zero-order chi connectivity index (χ0) is 31.3. The molecule has 8 heteroatoms. The molecule has 0 unspecified atom stereocenters. The molecule has 3 heterocycles. The van der Waals surface area contributed by atoms with Crippen molar-refractivity contribution in [1.82, 2.24) is 4.90 Å². The summed E-state index contributed by atoms with van der Waals surface area (Å²) >= 11 is 12.4. The van der Waals surface area contributed by atoms with Gasteiger partial charge in [-0.1, -0.05) is 122 Å². The molecule has 3 aromatic rings. The van der Waals surface area contributed by atoms with Gasteiger partial charge < -0.3 is 10.1 Å². The lowest BCUT2D eigenvalue weighted by Gasteiger charge is -2.55. The second kappa shape index (κ2) is 11.6. The molecule has 7 rings (SSSR count). The lowest BCUT2D eigenvalue weighted by molar-refractivity contribution is -0.183. The molecule has 4 aliphatic rings. The molecular formula is C37H33Cl2FN2O3. The van der Waals surface area contributed by atoms with E-state index in [-0.39, 0.29) is 10.9 Å². The Hall–Kier alpha value is -3.71. The van der Waals surface area contributed by atoms with Crippen LogP contribution in [-0.2, 0) is 19.7 Å². The predicted octanol–water partition coefficient (Wildman–Crippen LogP) is 8.73. The lowest BCUT2D eigenvalue weighted by atomic mass is 9.56. The molecule has 1 amide bonds. The number of nitrogens with zero attached hydrogens (tertiary/aromatic N) is 1. The Morgan fingerprint density at radius 2 is 1.62 bits per heavy atom. The molecular weight excluding hydrogens is 610 g/mol. The SMILES string of the molecule is C=C(Cl)/C=C\C=C(/F)[C@H]1[C@@H]2C(=O)O[C@@H](c3ccccc3)[C@@H](c3ccccc3)N2C2(CCCCC2)[C@]12C(=O)Nc1cc(Cl)ccc12. The van der Waals surface area contributed by atoms with Crippen LogP contribution in [0.4, 0.5) is 10.1 Å². The van der Waals surface area contributed by atoms with Crippen molar-refractivity contribution in [1.29, 1.82) is 0 Å². The van der Waals surface area contributed by atoms with Crippen LogP contribution < -0.4 is 5.32 Å². The van der Waals surface area contributed by atoms with Crippen LogP contribution in [0.15, 0.2) is 115 Å². The van der Waals surface area contributed by atoms with Gasteiger partial charge in [0.15, 0.2) is 0 Å². The molecule has 45 heavy (non-hydrogen) atoms. The van der Waals surface area contributed by atoms with Crippen molar-refractivity contribution in [2.45, 2.75) is 61.2 Å². The first kappa shape index (κ1) is 30.0. The Labute approximate surface area is 272 Å². The maximum atomic E-state index is 17.1. The van der Waals surface area contributed by atoms with E-state index in [0.717, 1.165) is 30.4 Å². The summed E-state index contributed by atoms with van der Waals surface area (Å²) in [5.74, 6) is -2.65. The highest BCUT2D eigenvalue weighted by molar-refractivity contribution is 6.31. The van der Waals surface area contributed by atoms with Crippen molar-refractivity contribution < 1.29 is 18.7 Å². The minimum atomic E-state index is -1.44. The van der Waals surface area contributed by atoms with Crippen molar-refractivity contribution in [2.75, 3.05) is 5.32 Å². The maximum absolute atomic E-state index is 17.1. The number of halogens is 3. The van der Waals surface area contributed by atoms with Gasteiger partial charge in [-0.3, -0.25) is 14.5 Å². The number of allylic oxidation sites excluding steroid dienone is 4.